The summed E-state index contributed by atoms with van der Waals surface area (Å²) in [6.45, 7) is 8.28. The van der Waals surface area contributed by atoms with E-state index in [9.17, 15) is 27.2 Å². The summed E-state index contributed by atoms with van der Waals surface area (Å²) < 4.78 is 52.6. The maximum atomic E-state index is 14.0. The van der Waals surface area contributed by atoms with Crippen LogP contribution in [0.3, 0.4) is 0 Å². The van der Waals surface area contributed by atoms with Crippen molar-refractivity contribution < 1.29 is 46.3 Å². The number of carbonyl (C=O) groups excluding carboxylic acids is 3. The maximum Gasteiger partial charge on any atom is 0.430 e. The van der Waals surface area contributed by atoms with E-state index in [1.807, 2.05) is 19.1 Å². The summed E-state index contributed by atoms with van der Waals surface area (Å²) in [7, 11) is 0. The summed E-state index contributed by atoms with van der Waals surface area (Å²) >= 11 is 5.07. The number of rotatable bonds is 10. The number of halogens is 5. The summed E-state index contributed by atoms with van der Waals surface area (Å²) in [5, 5.41) is 12.2. The largest absolute Gasteiger partial charge is 0.542 e. The van der Waals surface area contributed by atoms with E-state index in [0.717, 1.165) is 70.6 Å². The lowest BCUT2D eigenvalue weighted by Crippen LogP contribution is -2.67. The van der Waals surface area contributed by atoms with Crippen LogP contribution in [0, 0.1) is 18.7 Å². The molecule has 1 amide bonds. The minimum atomic E-state index is -5.19. The molecule has 3 saturated heterocycles. The molecule has 5 rings (SSSR count). The van der Waals surface area contributed by atoms with Gasteiger partial charge in [0.1, 0.15) is 11.8 Å². The number of hydrogen-bond donors (Lipinski definition) is 1. The van der Waals surface area contributed by atoms with E-state index >= 15 is 0 Å². The number of piperidine rings is 3. The second kappa shape index (κ2) is 14.8. The number of alkyl halides is 3. The molecule has 1 aromatic heterocycles. The van der Waals surface area contributed by atoms with Crippen LogP contribution < -0.4 is 10.4 Å². The van der Waals surface area contributed by atoms with Gasteiger partial charge in [0.25, 0.3) is 0 Å². The number of benzene rings is 1. The van der Waals surface area contributed by atoms with E-state index in [0.29, 0.717) is 24.5 Å². The Morgan fingerprint density at radius 3 is 2.38 bits per heavy atom. The topological polar surface area (TPSA) is 95.5 Å². The molecule has 7 nitrogen and oxygen atoms in total. The number of thiophene rings is 1. The fourth-order valence-electron chi connectivity index (χ4n) is 5.76. The first-order valence-corrected chi connectivity index (χ1v) is 15.5. The molecular weight excluding hydrogens is 644 g/mol. The third-order valence-corrected chi connectivity index (χ3v) is 9.57. The van der Waals surface area contributed by atoms with Gasteiger partial charge in [0.05, 0.1) is 48.5 Å². The molecule has 2 bridgehead atoms. The standard InChI is InChI=1S/C27H34BrFN2O3S.C2HF3O2/c1-3-34-25(32)6-4-5-13-31-14-11-19(12-15-31)22(17-31)30-27(33)26(23-9-10-24(28)35-23)20-7-8-21(29)18(2)16-20;3-2(4,5)1(6)7/h7-10,16,19,22,26H,3-6,11-15,17H2,1-2H3;(H,6,7)/t19?,22-,26?,31?;/m0./s1. The van der Waals surface area contributed by atoms with Crippen LogP contribution in [0.5, 0.6) is 0 Å². The lowest BCUT2D eigenvalue weighted by atomic mass is 9.81. The van der Waals surface area contributed by atoms with E-state index in [4.69, 9.17) is 14.6 Å². The van der Waals surface area contributed by atoms with Gasteiger partial charge in [-0.3, -0.25) is 9.59 Å². The first kappa shape index (κ1) is 34.0. The van der Waals surface area contributed by atoms with E-state index in [-0.39, 0.29) is 23.7 Å². The quantitative estimate of drug-likeness (QED) is 0.168. The van der Waals surface area contributed by atoms with Gasteiger partial charge in [0.15, 0.2) is 0 Å². The second-order valence-electron chi connectivity index (χ2n) is 10.8. The van der Waals surface area contributed by atoms with Crippen LogP contribution in [0.4, 0.5) is 17.6 Å². The van der Waals surface area contributed by atoms with Crippen molar-refractivity contribution in [1.29, 1.82) is 0 Å². The van der Waals surface area contributed by atoms with E-state index in [1.165, 1.54) is 6.07 Å². The minimum Gasteiger partial charge on any atom is -0.542 e. The Bertz CT molecular complexity index is 1250. The van der Waals surface area contributed by atoms with E-state index in [2.05, 4.69) is 21.2 Å². The van der Waals surface area contributed by atoms with Crippen LogP contribution in [0.1, 0.15) is 60.9 Å². The monoisotopic (exact) mass is 678 g/mol. The molecule has 0 spiro atoms. The van der Waals surface area contributed by atoms with Gasteiger partial charge < -0.3 is 24.4 Å². The Balaban J connectivity index is 0.000000616. The van der Waals surface area contributed by atoms with Crippen LogP contribution >= 0.6 is 27.3 Å². The number of carboxylic acids is 1. The zero-order valence-corrected chi connectivity index (χ0v) is 25.9. The number of esters is 1. The number of carboxylic acid groups (broad SMARTS) is 1. The molecule has 232 valence electrons. The number of aliphatic carboxylic acids is 1. The van der Waals surface area contributed by atoms with Crippen molar-refractivity contribution in [3.63, 3.8) is 0 Å². The fraction of sp³-hybridized carbons (Fsp3) is 0.552. The third kappa shape index (κ3) is 9.24. The molecule has 1 N–H and O–H groups in total. The van der Waals surface area contributed by atoms with Crippen LogP contribution in [0.2, 0.25) is 0 Å². The molecule has 3 aliphatic heterocycles. The first-order chi connectivity index (χ1) is 19.7. The Morgan fingerprint density at radius 2 is 1.83 bits per heavy atom. The molecule has 0 radical (unpaired) electrons. The van der Waals surface area contributed by atoms with Crippen molar-refractivity contribution in [3.8, 4) is 0 Å². The molecule has 42 heavy (non-hydrogen) atoms. The fourth-order valence-corrected chi connectivity index (χ4v) is 7.31. The highest BCUT2D eigenvalue weighted by atomic mass is 79.9. The summed E-state index contributed by atoms with van der Waals surface area (Å²) in [5.74, 6) is -3.34. The predicted molar refractivity (Wildman–Crippen MR) is 151 cm³/mol. The number of ether oxygens (including phenoxy) is 1. The van der Waals surface area contributed by atoms with Gasteiger partial charge >= 0.3 is 12.1 Å². The Morgan fingerprint density at radius 1 is 1.17 bits per heavy atom. The van der Waals surface area contributed by atoms with Crippen molar-refractivity contribution in [3.05, 3.63) is 55.9 Å². The molecule has 2 atom stereocenters. The van der Waals surface area contributed by atoms with Crippen LogP contribution in [-0.4, -0.2) is 67.3 Å². The molecule has 0 saturated carbocycles. The van der Waals surface area contributed by atoms with Crippen molar-refractivity contribution in [1.82, 2.24) is 5.32 Å². The molecule has 1 unspecified atom stereocenters. The summed E-state index contributed by atoms with van der Waals surface area (Å²) in [6, 6.07) is 9.06. The van der Waals surface area contributed by atoms with E-state index < -0.39 is 18.1 Å². The van der Waals surface area contributed by atoms with Gasteiger partial charge in [-0.2, -0.15) is 13.2 Å². The molecule has 0 aliphatic carbocycles. The lowest BCUT2D eigenvalue weighted by Gasteiger charge is -2.53. The SMILES string of the molecule is CCOC(=O)CCCC[N+]12CCC(CC1)[C@@H](NC(=O)C(c1ccc(F)c(C)c1)c1ccc(Br)s1)C2.O=C([O-])C(F)(F)F. The van der Waals surface area contributed by atoms with Crippen molar-refractivity contribution in [2.45, 2.75) is 64.1 Å². The lowest BCUT2D eigenvalue weighted by molar-refractivity contribution is -0.944. The third-order valence-electron chi connectivity index (χ3n) is 7.89. The highest BCUT2D eigenvalue weighted by Crippen LogP contribution is 2.37. The van der Waals surface area contributed by atoms with Gasteiger partial charge in [-0.15, -0.1) is 11.3 Å². The zero-order valence-electron chi connectivity index (χ0n) is 23.5. The number of aryl methyl sites for hydroxylation is 1. The smallest absolute Gasteiger partial charge is 0.430 e. The number of hydrogen-bond acceptors (Lipinski definition) is 6. The van der Waals surface area contributed by atoms with Gasteiger partial charge in [-0.05, 0) is 77.9 Å². The first-order valence-electron chi connectivity index (χ1n) is 13.8. The zero-order chi connectivity index (χ0) is 31.1. The average Bonchev–Trinajstić information content (AvgIpc) is 3.35. The van der Waals surface area contributed by atoms with Gasteiger partial charge in [0.2, 0.25) is 5.91 Å². The number of amides is 1. The molecule has 3 fully saturated rings. The van der Waals surface area contributed by atoms with Crippen molar-refractivity contribution in [2.75, 3.05) is 32.8 Å². The van der Waals surface area contributed by atoms with Gasteiger partial charge in [0, 0.05) is 24.1 Å². The van der Waals surface area contributed by atoms with Gasteiger partial charge in [-0.1, -0.05) is 12.1 Å². The van der Waals surface area contributed by atoms with Crippen molar-refractivity contribution in [2.24, 2.45) is 5.92 Å². The summed E-state index contributed by atoms with van der Waals surface area (Å²) in [5.41, 5.74) is 1.37. The molecule has 3 aliphatic rings. The van der Waals surface area contributed by atoms with Crippen LogP contribution in [0.15, 0.2) is 34.1 Å². The number of nitrogens with zero attached hydrogens (tertiary/aromatic N) is 1. The average molecular weight is 680 g/mol. The summed E-state index contributed by atoms with van der Waals surface area (Å²) in [4.78, 5) is 35.1. The number of nitrogens with one attached hydrogen (secondary N) is 1. The highest BCUT2D eigenvalue weighted by molar-refractivity contribution is 9.11. The number of quaternary nitrogens is 1. The number of unbranched alkanes of at least 4 members (excludes halogenated alkanes) is 1. The number of fused-ring (bicyclic) bond motifs is 3. The van der Waals surface area contributed by atoms with Gasteiger partial charge in [-0.25, -0.2) is 4.39 Å². The maximum absolute atomic E-state index is 14.0. The van der Waals surface area contributed by atoms with Crippen LogP contribution in [0.25, 0.3) is 0 Å². The van der Waals surface area contributed by atoms with Crippen LogP contribution in [-0.2, 0) is 19.1 Å². The van der Waals surface area contributed by atoms with Crippen molar-refractivity contribution >= 4 is 45.1 Å². The second-order valence-corrected chi connectivity index (χ2v) is 13.3. The van der Waals surface area contributed by atoms with E-state index in [1.54, 1.807) is 30.4 Å². The molecule has 13 heteroatoms. The number of carbonyl (C=O) groups is 3. The predicted octanol–water partition coefficient (Wildman–Crippen LogP) is 4.85. The minimum absolute atomic E-state index is 0.00966. The Hall–Kier alpha value is -2.51. The molecule has 2 aromatic rings. The Labute approximate surface area is 254 Å². The summed E-state index contributed by atoms with van der Waals surface area (Å²) in [6.07, 6.45) is -0.642. The molecular formula is C29H35BrF4N2O5S. The molecule has 4 heterocycles. The Kier molecular flexibility index (Phi) is 12.0. The normalized spacial score (nSPS) is 22.1. The molecule has 1 aromatic carbocycles. The highest BCUT2D eigenvalue weighted by Gasteiger charge is 2.46.